The summed E-state index contributed by atoms with van der Waals surface area (Å²) in [4.78, 5) is 56.0. The van der Waals surface area contributed by atoms with Crippen molar-refractivity contribution in [1.82, 2.24) is 14.3 Å². The van der Waals surface area contributed by atoms with Gasteiger partial charge in [0.05, 0.1) is 27.9 Å². The number of imidazole rings is 1. The molecule has 0 unspecified atom stereocenters. The average molecular weight is 525 g/mol. The molecule has 4 heterocycles. The van der Waals surface area contributed by atoms with Crippen molar-refractivity contribution in [2.45, 2.75) is 46.4 Å². The van der Waals surface area contributed by atoms with Gasteiger partial charge >= 0.3 is 5.97 Å². The number of esters is 1. The van der Waals surface area contributed by atoms with Gasteiger partial charge in [-0.25, -0.2) is 9.78 Å². The van der Waals surface area contributed by atoms with Crippen LogP contribution < -0.4 is 0 Å². The van der Waals surface area contributed by atoms with Gasteiger partial charge in [-0.05, 0) is 31.5 Å². The van der Waals surface area contributed by atoms with Crippen molar-refractivity contribution in [2.24, 2.45) is 11.8 Å². The molecule has 192 valence electrons. The summed E-state index contributed by atoms with van der Waals surface area (Å²) in [7, 11) is 0. The van der Waals surface area contributed by atoms with Crippen LogP contribution in [-0.2, 0) is 20.9 Å². The van der Waals surface area contributed by atoms with Gasteiger partial charge in [0.25, 0.3) is 5.69 Å². The van der Waals surface area contributed by atoms with Crippen LogP contribution in [0.25, 0.3) is 10.4 Å². The van der Waals surface area contributed by atoms with Crippen LogP contribution in [0.3, 0.4) is 0 Å². The number of Topliss-reactive ketones (excluding diaryl/α,β-unsaturated/α-hetero) is 1. The fourth-order valence-corrected chi connectivity index (χ4v) is 6.52. The number of hydrogen-bond donors (Lipinski definition) is 1. The summed E-state index contributed by atoms with van der Waals surface area (Å²) in [5.41, 5.74) is 1.53. The van der Waals surface area contributed by atoms with Crippen LogP contribution in [0.2, 0.25) is 0 Å². The van der Waals surface area contributed by atoms with Crippen LogP contribution in [-0.4, -0.2) is 54.1 Å². The minimum absolute atomic E-state index is 0.0771. The number of benzene rings is 1. The predicted molar refractivity (Wildman–Crippen MR) is 133 cm³/mol. The lowest BCUT2D eigenvalue weighted by atomic mass is 9.77. The van der Waals surface area contributed by atoms with Crippen LogP contribution in [0.4, 0.5) is 5.69 Å². The van der Waals surface area contributed by atoms with E-state index < -0.39 is 29.0 Å². The Labute approximate surface area is 215 Å². The van der Waals surface area contributed by atoms with E-state index in [0.29, 0.717) is 32.4 Å². The molecule has 2 aromatic heterocycles. The maximum absolute atomic E-state index is 13.4. The molecule has 0 spiro atoms. The van der Waals surface area contributed by atoms with E-state index in [4.69, 9.17) is 4.74 Å². The number of nitro groups is 1. The number of ether oxygens (including phenoxy) is 1. The molecular weight excluding hydrogens is 500 g/mol. The van der Waals surface area contributed by atoms with Gasteiger partial charge in [-0.3, -0.25) is 24.1 Å². The fraction of sp³-hybridized carbons (Fsp3) is 0.360. The van der Waals surface area contributed by atoms with Crippen LogP contribution in [0.1, 0.15) is 47.5 Å². The summed E-state index contributed by atoms with van der Waals surface area (Å²) >= 11 is 1.31. The maximum atomic E-state index is 13.4. The van der Waals surface area contributed by atoms with E-state index in [1.54, 1.807) is 24.4 Å². The van der Waals surface area contributed by atoms with Crippen LogP contribution >= 0.6 is 11.3 Å². The smallest absolute Gasteiger partial charge is 0.355 e. The predicted octanol–water partition coefficient (Wildman–Crippen LogP) is 3.13. The van der Waals surface area contributed by atoms with Crippen molar-refractivity contribution < 1.29 is 29.2 Å². The Morgan fingerprint density at radius 3 is 2.57 bits per heavy atom. The Morgan fingerprint density at radius 2 is 1.97 bits per heavy atom. The highest BCUT2D eigenvalue weighted by atomic mass is 32.1. The first kappa shape index (κ1) is 24.8. The van der Waals surface area contributed by atoms with Gasteiger partial charge in [0, 0.05) is 36.7 Å². The lowest BCUT2D eigenvalue weighted by Crippen LogP contribution is -2.63. The second-order valence-electron chi connectivity index (χ2n) is 9.35. The number of rotatable bonds is 7. The molecule has 3 aromatic rings. The number of thiazole rings is 1. The summed E-state index contributed by atoms with van der Waals surface area (Å²) in [6.45, 7) is 6.54. The van der Waals surface area contributed by atoms with Gasteiger partial charge in [0.15, 0.2) is 5.78 Å². The fourth-order valence-electron chi connectivity index (χ4n) is 5.19. The second-order valence-corrected chi connectivity index (χ2v) is 10.4. The molecule has 1 saturated heterocycles. The highest BCUT2D eigenvalue weighted by Crippen LogP contribution is 2.52. The number of nitrogens with zero attached hydrogens (tertiary/aromatic N) is 4. The normalized spacial score (nSPS) is 21.7. The number of amides is 1. The Bertz CT molecular complexity index is 1500. The van der Waals surface area contributed by atoms with Crippen molar-refractivity contribution in [1.29, 1.82) is 0 Å². The van der Waals surface area contributed by atoms with E-state index in [2.05, 4.69) is 4.98 Å². The number of non-ortho nitro benzene ring substituents is 1. The Morgan fingerprint density at radius 1 is 1.30 bits per heavy atom. The molecule has 2 aliphatic heterocycles. The molecule has 1 aromatic carbocycles. The molecule has 0 bridgehead atoms. The van der Waals surface area contributed by atoms with Crippen molar-refractivity contribution in [3.05, 3.63) is 68.2 Å². The third-order valence-corrected chi connectivity index (χ3v) is 8.11. The molecule has 5 rings (SSSR count). The third-order valence-electron chi connectivity index (χ3n) is 6.98. The monoisotopic (exact) mass is 524 g/mol. The minimum atomic E-state index is -0.886. The minimum Gasteiger partial charge on any atom is -0.456 e. The van der Waals surface area contributed by atoms with Crippen molar-refractivity contribution in [3.8, 4) is 0 Å². The highest BCUT2D eigenvalue weighted by molar-refractivity contribution is 7.18. The van der Waals surface area contributed by atoms with Gasteiger partial charge in [-0.15, -0.1) is 11.3 Å². The van der Waals surface area contributed by atoms with Crippen molar-refractivity contribution >= 4 is 45.1 Å². The lowest BCUT2D eigenvalue weighted by molar-refractivity contribution is -0.384. The third kappa shape index (κ3) is 3.83. The number of fused-ring (bicyclic) bond motifs is 2. The number of ketones is 1. The Hall–Kier alpha value is -3.90. The van der Waals surface area contributed by atoms with Gasteiger partial charge in [-0.2, -0.15) is 0 Å². The van der Waals surface area contributed by atoms with Crippen molar-refractivity contribution in [2.75, 3.05) is 0 Å². The largest absolute Gasteiger partial charge is 0.456 e. The first-order valence-electron chi connectivity index (χ1n) is 11.7. The molecule has 1 N–H and O–H groups in total. The van der Waals surface area contributed by atoms with Crippen LogP contribution in [0.5, 0.6) is 0 Å². The number of aliphatic hydroxyl groups excluding tert-OH is 1. The second kappa shape index (κ2) is 8.89. The molecule has 0 aliphatic carbocycles. The number of aliphatic hydroxyl groups is 1. The molecule has 0 saturated carbocycles. The van der Waals surface area contributed by atoms with Crippen LogP contribution in [0, 0.1) is 28.9 Å². The lowest BCUT2D eigenvalue weighted by Gasteiger charge is -2.46. The summed E-state index contributed by atoms with van der Waals surface area (Å²) in [5.74, 6) is -1.54. The van der Waals surface area contributed by atoms with E-state index in [0.717, 1.165) is 0 Å². The molecule has 11 nitrogen and oxygen atoms in total. The Kier molecular flexibility index (Phi) is 5.95. The number of aryl methyl sites for hydroxylation is 1. The zero-order valence-electron chi connectivity index (χ0n) is 20.5. The van der Waals surface area contributed by atoms with E-state index >= 15 is 0 Å². The molecule has 37 heavy (non-hydrogen) atoms. The van der Waals surface area contributed by atoms with E-state index in [9.17, 15) is 29.6 Å². The highest BCUT2D eigenvalue weighted by Gasteiger charge is 2.60. The van der Waals surface area contributed by atoms with E-state index in [1.807, 2.05) is 6.92 Å². The molecule has 12 heteroatoms. The number of aromatic nitrogens is 2. The molecule has 4 atom stereocenters. The number of carbonyl (C=O) groups is 3. The molecule has 2 aliphatic rings. The van der Waals surface area contributed by atoms with Gasteiger partial charge < -0.3 is 14.7 Å². The summed E-state index contributed by atoms with van der Waals surface area (Å²) < 4.78 is 7.35. The quantitative estimate of drug-likeness (QED) is 0.163. The summed E-state index contributed by atoms with van der Waals surface area (Å²) in [6.07, 6.45) is 0.917. The number of carbonyl (C=O) groups excluding carboxylic acids is 3. The zero-order valence-corrected chi connectivity index (χ0v) is 21.3. The standard InChI is InChI=1S/C25H24N4O7S/c1-11-18(17-9-27-14(4)26-20(13(3)31)24(27)37-17)22(28-21(11)19(12(2)30)23(28)32)25(33)36-10-15-5-7-16(8-6-15)29(34)35/h5-9,11-12,19,21,30H,10H2,1-4H3/t11-,12+,19+,21+/m0/s1. The first-order valence-corrected chi connectivity index (χ1v) is 12.5. The van der Waals surface area contributed by atoms with Gasteiger partial charge in [0.2, 0.25) is 5.91 Å². The number of hydrogen-bond acceptors (Lipinski definition) is 9. The van der Waals surface area contributed by atoms with Gasteiger partial charge in [-0.1, -0.05) is 6.92 Å². The van der Waals surface area contributed by atoms with E-state index in [1.165, 1.54) is 47.4 Å². The maximum Gasteiger partial charge on any atom is 0.355 e. The molecule has 0 radical (unpaired) electrons. The van der Waals surface area contributed by atoms with Crippen LogP contribution in [0.15, 0.2) is 36.2 Å². The first-order chi connectivity index (χ1) is 17.5. The molecule has 1 amide bonds. The average Bonchev–Trinajstić information content (AvgIpc) is 3.47. The Balaban J connectivity index is 1.53. The van der Waals surface area contributed by atoms with Gasteiger partial charge in [0.1, 0.15) is 28.7 Å². The SMILES string of the molecule is CC(=O)c1nc(C)n2cc(C3=C(C(=O)OCc4ccc([N+](=O)[O-])cc4)N4C(=O)[C@H]([C@@H](C)O)[C@H]4[C@H]3C)sc12. The zero-order chi connectivity index (χ0) is 26.8. The van der Waals surface area contributed by atoms with E-state index in [-0.39, 0.29) is 35.6 Å². The molecule has 1 fully saturated rings. The number of β-lactam (4-membered cyclic amide) rings is 1. The summed E-state index contributed by atoms with van der Waals surface area (Å²) in [6, 6.07) is 5.25. The number of nitro benzene ring substituents is 1. The molecular formula is C25H24N4O7S. The van der Waals surface area contributed by atoms with Crippen molar-refractivity contribution in [3.63, 3.8) is 0 Å². The summed E-state index contributed by atoms with van der Waals surface area (Å²) in [5, 5.41) is 21.1. The topological polar surface area (TPSA) is 144 Å².